The normalized spacial score (nSPS) is 19.4. The lowest BCUT2D eigenvalue weighted by atomic mass is 9.87. The number of ether oxygens (including phenoxy) is 1. The van der Waals surface area contributed by atoms with Crippen LogP contribution < -0.4 is 10.6 Å². The molecule has 1 aliphatic heterocycles. The minimum Gasteiger partial charge on any atom is -0.444 e. The second-order valence-corrected chi connectivity index (χ2v) is 8.76. The van der Waals surface area contributed by atoms with Crippen molar-refractivity contribution in [2.24, 2.45) is 11.8 Å². The van der Waals surface area contributed by atoms with Crippen molar-refractivity contribution in [3.8, 4) is 0 Å². The van der Waals surface area contributed by atoms with Gasteiger partial charge in [0.05, 0.1) is 6.54 Å². The van der Waals surface area contributed by atoms with E-state index < -0.39 is 11.7 Å². The predicted molar refractivity (Wildman–Crippen MR) is 103 cm³/mol. The third kappa shape index (κ3) is 7.77. The van der Waals surface area contributed by atoms with Crippen molar-refractivity contribution in [1.29, 1.82) is 0 Å². The summed E-state index contributed by atoms with van der Waals surface area (Å²) in [5.41, 5.74) is -0.580. The van der Waals surface area contributed by atoms with Crippen LogP contribution in [0.25, 0.3) is 0 Å². The van der Waals surface area contributed by atoms with Crippen LogP contribution in [0.3, 0.4) is 0 Å². The lowest BCUT2D eigenvalue weighted by molar-refractivity contribution is -0.138. The van der Waals surface area contributed by atoms with Crippen LogP contribution in [0.15, 0.2) is 0 Å². The van der Waals surface area contributed by atoms with Crippen LogP contribution in [0, 0.1) is 11.8 Å². The van der Waals surface area contributed by atoms with E-state index in [1.165, 1.54) is 19.3 Å². The van der Waals surface area contributed by atoms with Gasteiger partial charge in [0.1, 0.15) is 5.60 Å². The molecular weight excluding hydrogens is 346 g/mol. The van der Waals surface area contributed by atoms with Gasteiger partial charge in [-0.15, -0.1) is 0 Å². The lowest BCUT2D eigenvalue weighted by Crippen LogP contribution is -2.45. The number of alkyl carbamates (subject to hydrolysis) is 1. The molecule has 0 atom stereocenters. The first-order chi connectivity index (χ1) is 12.7. The summed E-state index contributed by atoms with van der Waals surface area (Å²) in [5.74, 6) is 0.722. The molecule has 2 aliphatic rings. The van der Waals surface area contributed by atoms with Crippen molar-refractivity contribution in [1.82, 2.24) is 15.5 Å². The Morgan fingerprint density at radius 1 is 0.963 bits per heavy atom. The molecule has 27 heavy (non-hydrogen) atoms. The van der Waals surface area contributed by atoms with Crippen LogP contribution in [-0.4, -0.2) is 54.6 Å². The lowest BCUT2D eigenvalue weighted by Gasteiger charge is -2.35. The van der Waals surface area contributed by atoms with Gasteiger partial charge >= 0.3 is 6.09 Å². The zero-order valence-corrected chi connectivity index (χ0v) is 17.0. The Kier molecular flexibility index (Phi) is 7.92. The predicted octanol–water partition coefficient (Wildman–Crippen LogP) is 2.45. The van der Waals surface area contributed by atoms with Crippen LogP contribution >= 0.6 is 0 Å². The number of rotatable bonds is 5. The van der Waals surface area contributed by atoms with Gasteiger partial charge in [0.15, 0.2) is 0 Å². The van der Waals surface area contributed by atoms with E-state index >= 15 is 0 Å². The molecule has 1 aliphatic carbocycles. The Morgan fingerprint density at radius 2 is 1.59 bits per heavy atom. The molecule has 7 nitrogen and oxygen atoms in total. The zero-order valence-electron chi connectivity index (χ0n) is 17.0. The molecule has 154 valence electrons. The Morgan fingerprint density at radius 3 is 2.19 bits per heavy atom. The molecular formula is C20H35N3O4. The first-order valence-electron chi connectivity index (χ1n) is 10.3. The molecule has 0 aromatic carbocycles. The molecule has 0 bridgehead atoms. The fraction of sp³-hybridized carbons (Fsp3) is 0.850. The van der Waals surface area contributed by atoms with Crippen molar-refractivity contribution in [2.75, 3.05) is 26.2 Å². The van der Waals surface area contributed by atoms with Crippen molar-refractivity contribution < 1.29 is 19.1 Å². The van der Waals surface area contributed by atoms with Gasteiger partial charge in [0.2, 0.25) is 11.8 Å². The summed E-state index contributed by atoms with van der Waals surface area (Å²) in [6.45, 7) is 7.39. The van der Waals surface area contributed by atoms with Crippen molar-refractivity contribution in [3.05, 3.63) is 0 Å². The van der Waals surface area contributed by atoms with Gasteiger partial charge in [0, 0.05) is 25.6 Å². The van der Waals surface area contributed by atoms with Crippen LogP contribution in [0.2, 0.25) is 0 Å². The van der Waals surface area contributed by atoms with E-state index in [0.717, 1.165) is 38.8 Å². The molecule has 1 heterocycles. The highest BCUT2D eigenvalue weighted by molar-refractivity contribution is 5.82. The van der Waals surface area contributed by atoms with Crippen LogP contribution in [0.5, 0.6) is 0 Å². The number of nitrogens with one attached hydrogen (secondary N) is 2. The van der Waals surface area contributed by atoms with E-state index in [0.29, 0.717) is 18.4 Å². The molecule has 0 spiro atoms. The molecule has 0 aromatic heterocycles. The molecule has 3 amide bonds. The van der Waals surface area contributed by atoms with Gasteiger partial charge < -0.3 is 20.3 Å². The number of amides is 3. The quantitative estimate of drug-likeness (QED) is 0.766. The van der Waals surface area contributed by atoms with Gasteiger partial charge in [-0.25, -0.2) is 4.79 Å². The Bertz CT molecular complexity index is 516. The summed E-state index contributed by atoms with van der Waals surface area (Å²) in [6, 6.07) is 0. The van der Waals surface area contributed by atoms with Crippen LogP contribution in [0.4, 0.5) is 4.79 Å². The van der Waals surface area contributed by atoms with E-state index in [2.05, 4.69) is 10.6 Å². The van der Waals surface area contributed by atoms with Gasteiger partial charge in [-0.2, -0.15) is 0 Å². The summed E-state index contributed by atoms with van der Waals surface area (Å²) >= 11 is 0. The maximum absolute atomic E-state index is 12.6. The van der Waals surface area contributed by atoms with Gasteiger partial charge in [0.25, 0.3) is 0 Å². The van der Waals surface area contributed by atoms with Gasteiger partial charge in [-0.3, -0.25) is 9.59 Å². The number of carbonyl (C=O) groups is 3. The van der Waals surface area contributed by atoms with Crippen LogP contribution in [0.1, 0.15) is 65.7 Å². The molecule has 2 N–H and O–H groups in total. The summed E-state index contributed by atoms with van der Waals surface area (Å²) in [6.07, 6.45) is 6.93. The van der Waals surface area contributed by atoms with Gasteiger partial charge in [-0.1, -0.05) is 19.3 Å². The van der Waals surface area contributed by atoms with E-state index in [-0.39, 0.29) is 18.4 Å². The number of hydrogen-bond donors (Lipinski definition) is 2. The Labute approximate surface area is 162 Å². The number of likely N-dealkylation sites (tertiary alicyclic amines) is 1. The minimum absolute atomic E-state index is 0.0894. The van der Waals surface area contributed by atoms with E-state index in [4.69, 9.17) is 4.74 Å². The first kappa shape index (κ1) is 21.5. The second kappa shape index (κ2) is 9.95. The molecule has 0 unspecified atom stereocenters. The third-order valence-corrected chi connectivity index (χ3v) is 5.26. The average Bonchev–Trinajstić information content (AvgIpc) is 2.64. The molecule has 2 fully saturated rings. The zero-order chi connectivity index (χ0) is 19.9. The molecule has 2 rings (SSSR count). The third-order valence-electron chi connectivity index (χ3n) is 5.26. The van der Waals surface area contributed by atoms with Crippen molar-refractivity contribution >= 4 is 17.9 Å². The highest BCUT2D eigenvalue weighted by atomic mass is 16.6. The molecule has 0 radical (unpaired) electrons. The molecule has 1 saturated heterocycles. The summed E-state index contributed by atoms with van der Waals surface area (Å²) in [4.78, 5) is 38.0. The average molecular weight is 382 g/mol. The Hall–Kier alpha value is -1.79. The number of nitrogens with zero attached hydrogens (tertiary/aromatic N) is 1. The summed E-state index contributed by atoms with van der Waals surface area (Å²) < 4.78 is 5.10. The highest BCUT2D eigenvalue weighted by Gasteiger charge is 2.29. The maximum atomic E-state index is 12.6. The van der Waals surface area contributed by atoms with Crippen molar-refractivity contribution in [3.63, 3.8) is 0 Å². The molecule has 7 heteroatoms. The Balaban J connectivity index is 1.60. The molecule has 1 saturated carbocycles. The van der Waals surface area contributed by atoms with E-state index in [9.17, 15) is 14.4 Å². The number of hydrogen-bond acceptors (Lipinski definition) is 4. The smallest absolute Gasteiger partial charge is 0.408 e. The second-order valence-electron chi connectivity index (χ2n) is 8.76. The summed E-state index contributed by atoms with van der Waals surface area (Å²) in [5, 5.41) is 5.32. The maximum Gasteiger partial charge on any atom is 0.408 e. The minimum atomic E-state index is -0.591. The van der Waals surface area contributed by atoms with Gasteiger partial charge in [-0.05, 0) is 52.4 Å². The van der Waals surface area contributed by atoms with E-state index in [1.54, 1.807) is 20.8 Å². The SMILES string of the molecule is CC(C)(C)OC(=O)NCC(=O)NCC1CCN(C(=O)C2CCCCC2)CC1. The topological polar surface area (TPSA) is 87.7 Å². The monoisotopic (exact) mass is 381 g/mol. The molecule has 0 aromatic rings. The van der Waals surface area contributed by atoms with E-state index in [1.807, 2.05) is 4.90 Å². The number of carbonyl (C=O) groups excluding carboxylic acids is 3. The standard InChI is InChI=1S/C20H35N3O4/c1-20(2,3)27-19(26)22-14-17(24)21-13-15-9-11-23(12-10-15)18(25)16-7-5-4-6-8-16/h15-16H,4-14H2,1-3H3,(H,21,24)(H,22,26). The number of piperidine rings is 1. The van der Waals surface area contributed by atoms with Crippen LogP contribution in [-0.2, 0) is 14.3 Å². The fourth-order valence-electron chi connectivity index (χ4n) is 3.75. The largest absolute Gasteiger partial charge is 0.444 e. The summed E-state index contributed by atoms with van der Waals surface area (Å²) in [7, 11) is 0. The fourth-order valence-corrected chi connectivity index (χ4v) is 3.75. The highest BCUT2D eigenvalue weighted by Crippen LogP contribution is 2.27. The first-order valence-corrected chi connectivity index (χ1v) is 10.3. The van der Waals surface area contributed by atoms with Crippen molar-refractivity contribution in [2.45, 2.75) is 71.3 Å².